The third-order valence-corrected chi connectivity index (χ3v) is 11.0. The van der Waals surface area contributed by atoms with Crippen LogP contribution in [0.1, 0.15) is 165 Å². The van der Waals surface area contributed by atoms with Crippen molar-refractivity contribution in [3.63, 3.8) is 0 Å². The highest BCUT2D eigenvalue weighted by molar-refractivity contribution is 5.50. The maximum absolute atomic E-state index is 4.78. The van der Waals surface area contributed by atoms with Crippen LogP contribution in [-0.4, -0.2) is 39.6 Å². The van der Waals surface area contributed by atoms with Gasteiger partial charge in [0, 0.05) is 88.4 Å². The maximum Gasteiger partial charge on any atom is 0.0638 e. The molecule has 0 fully saturated rings. The van der Waals surface area contributed by atoms with Gasteiger partial charge >= 0.3 is 0 Å². The van der Waals surface area contributed by atoms with Crippen LogP contribution in [0, 0.1) is 0 Å². The monoisotopic (exact) mass is 760 g/mol. The number of nitrogens with one attached hydrogen (secondary N) is 3. The highest BCUT2D eigenvalue weighted by Crippen LogP contribution is 2.28. The maximum atomic E-state index is 4.78. The molecule has 0 amide bonds. The van der Waals surface area contributed by atoms with E-state index in [4.69, 9.17) is 19.9 Å². The molecule has 0 radical (unpaired) electrons. The third kappa shape index (κ3) is 12.2. The van der Waals surface area contributed by atoms with E-state index in [2.05, 4.69) is 148 Å². The summed E-state index contributed by atoms with van der Waals surface area (Å²) in [4.78, 5) is 19.0. The molecule has 0 unspecified atom stereocenters. The Morgan fingerprint density at radius 2 is 0.804 bits per heavy atom. The van der Waals surface area contributed by atoms with Gasteiger partial charge in [-0.25, -0.2) is 0 Å². The van der Waals surface area contributed by atoms with Crippen molar-refractivity contribution in [2.75, 3.05) is 25.0 Å². The Bertz CT molecular complexity index is 1620. The van der Waals surface area contributed by atoms with E-state index in [1.54, 1.807) is 0 Å². The van der Waals surface area contributed by atoms with Crippen molar-refractivity contribution >= 4 is 5.69 Å². The second-order valence-electron chi connectivity index (χ2n) is 20.2. The normalized spacial score (nSPS) is 16.4. The molecule has 4 aromatic rings. The lowest BCUT2D eigenvalue weighted by molar-refractivity contribution is 0.552. The zero-order valence-corrected chi connectivity index (χ0v) is 37.1. The van der Waals surface area contributed by atoms with Crippen LogP contribution in [0.25, 0.3) is 0 Å². The van der Waals surface area contributed by atoms with E-state index in [-0.39, 0.29) is 21.7 Å². The van der Waals surface area contributed by atoms with Crippen LogP contribution < -0.4 is 16.0 Å². The van der Waals surface area contributed by atoms with Gasteiger partial charge in [-0.15, -0.1) is 0 Å². The van der Waals surface area contributed by atoms with Crippen molar-refractivity contribution < 1.29 is 0 Å². The van der Waals surface area contributed by atoms with Crippen LogP contribution in [0.15, 0.2) is 48.5 Å². The number of pyridine rings is 4. The Morgan fingerprint density at radius 1 is 0.375 bits per heavy atom. The number of rotatable bonds is 0. The highest BCUT2D eigenvalue weighted by atomic mass is 14.9. The Hall–Kier alpha value is -3.68. The van der Waals surface area contributed by atoms with Gasteiger partial charge in [0.05, 0.1) is 17.1 Å². The van der Waals surface area contributed by atoms with Crippen molar-refractivity contribution in [1.82, 2.24) is 30.6 Å². The Labute approximate surface area is 340 Å². The molecule has 8 rings (SSSR count). The molecular weight excluding hydrogens is 687 g/mol. The first-order valence-electron chi connectivity index (χ1n) is 21.4. The largest absolute Gasteiger partial charge is 0.384 e. The summed E-state index contributed by atoms with van der Waals surface area (Å²) in [5, 5.41) is 10.1. The lowest BCUT2D eigenvalue weighted by Crippen LogP contribution is -2.26. The van der Waals surface area contributed by atoms with Gasteiger partial charge in [0.1, 0.15) is 0 Å². The van der Waals surface area contributed by atoms with Crippen molar-refractivity contribution in [2.24, 2.45) is 0 Å². The lowest BCUT2D eigenvalue weighted by Gasteiger charge is -2.22. The molecule has 0 spiro atoms. The molecule has 4 aliphatic rings. The number of aromatic nitrogens is 4. The van der Waals surface area contributed by atoms with E-state index >= 15 is 0 Å². The second kappa shape index (κ2) is 18.3. The van der Waals surface area contributed by atoms with Crippen LogP contribution in [0.5, 0.6) is 0 Å². The first-order chi connectivity index (χ1) is 26.3. The van der Waals surface area contributed by atoms with Crippen LogP contribution in [0.3, 0.4) is 0 Å². The molecule has 0 saturated carbocycles. The summed E-state index contributed by atoms with van der Waals surface area (Å²) in [5.74, 6) is 0. The van der Waals surface area contributed by atoms with Crippen molar-refractivity contribution in [3.8, 4) is 0 Å². The van der Waals surface area contributed by atoms with Gasteiger partial charge in [-0.3, -0.25) is 19.9 Å². The topological polar surface area (TPSA) is 87.7 Å². The fraction of sp³-hybridized carbons (Fsp3) is 0.592. The molecule has 3 aliphatic heterocycles. The van der Waals surface area contributed by atoms with Crippen LogP contribution in [0.2, 0.25) is 0 Å². The van der Waals surface area contributed by atoms with Gasteiger partial charge in [-0.2, -0.15) is 0 Å². The molecule has 0 bridgehead atoms. The molecule has 1 aliphatic carbocycles. The third-order valence-electron chi connectivity index (χ3n) is 11.0. The highest BCUT2D eigenvalue weighted by Gasteiger charge is 2.21. The summed E-state index contributed by atoms with van der Waals surface area (Å²) in [6.45, 7) is 31.7. The minimum absolute atomic E-state index is 0.159. The standard InChI is InChI=1S/C13H19N.3C12H18N2/c1-13(2,3)12-9-8-10-6-4-5-7-11(10)14-12;1-12(2,3)11-5-4-9-8-13-7-6-10(9)14-11;1-12(2,3)11-5-4-9-6-7-13-8-10(9)14-11;1-12(2,3)11-7-6-9-10(14-11)5-4-8-13-9/h8-9H,4-7H2,1-3H3;2*4-5,13H,6-8H2,1-3H3;6-7,13H,4-5,8H2,1-3H3. The van der Waals surface area contributed by atoms with Gasteiger partial charge in [0.2, 0.25) is 0 Å². The minimum Gasteiger partial charge on any atom is -0.384 e. The average Bonchev–Trinajstić information content (AvgIpc) is 3.16. The van der Waals surface area contributed by atoms with E-state index in [0.717, 1.165) is 52.0 Å². The summed E-state index contributed by atoms with van der Waals surface area (Å²) < 4.78 is 0. The number of fused-ring (bicyclic) bond motifs is 4. The predicted octanol–water partition coefficient (Wildman–Crippen LogP) is 10.0. The summed E-state index contributed by atoms with van der Waals surface area (Å²) in [5.41, 5.74) is 16.1. The zero-order valence-electron chi connectivity index (χ0n) is 37.1. The minimum atomic E-state index is 0.159. The Balaban J connectivity index is 0.000000143. The number of anilines is 1. The van der Waals surface area contributed by atoms with Gasteiger partial charge in [-0.1, -0.05) is 101 Å². The summed E-state index contributed by atoms with van der Waals surface area (Å²) >= 11 is 0. The summed E-state index contributed by atoms with van der Waals surface area (Å²) in [6.07, 6.45) is 9.56. The Morgan fingerprint density at radius 3 is 1.39 bits per heavy atom. The number of aryl methyl sites for hydroxylation is 3. The van der Waals surface area contributed by atoms with E-state index in [9.17, 15) is 0 Å². The molecule has 3 N–H and O–H groups in total. The SMILES string of the molecule is CC(C)(C)c1ccc2c(n1)CCCC2.CC(C)(C)c1ccc2c(n1)CCCN2.CC(C)(C)c1ccc2c(n1)CCNC2.CC(C)(C)c1ccc2c(n1)CNCC2. The molecular formula is C49H73N7. The fourth-order valence-corrected chi connectivity index (χ4v) is 7.26. The smallest absolute Gasteiger partial charge is 0.0638 e. The molecule has 4 aromatic heterocycles. The van der Waals surface area contributed by atoms with Crippen molar-refractivity contribution in [1.29, 1.82) is 0 Å². The van der Waals surface area contributed by atoms with Crippen LogP contribution in [-0.2, 0) is 66.9 Å². The second-order valence-corrected chi connectivity index (χ2v) is 20.2. The van der Waals surface area contributed by atoms with E-state index in [1.807, 2.05) is 0 Å². The van der Waals surface area contributed by atoms with E-state index < -0.39 is 0 Å². The lowest BCUT2D eigenvalue weighted by atomic mass is 9.89. The Kier molecular flexibility index (Phi) is 14.2. The first-order valence-corrected chi connectivity index (χ1v) is 21.4. The fourth-order valence-electron chi connectivity index (χ4n) is 7.26. The van der Waals surface area contributed by atoms with Crippen LogP contribution in [0.4, 0.5) is 5.69 Å². The molecule has 7 heteroatoms. The molecule has 304 valence electrons. The van der Waals surface area contributed by atoms with Gasteiger partial charge in [0.15, 0.2) is 0 Å². The predicted molar refractivity (Wildman–Crippen MR) is 236 cm³/mol. The van der Waals surface area contributed by atoms with E-state index in [1.165, 1.54) is 100 Å². The number of hydrogen-bond donors (Lipinski definition) is 3. The zero-order chi connectivity index (χ0) is 40.7. The van der Waals surface area contributed by atoms with E-state index in [0.29, 0.717) is 0 Å². The summed E-state index contributed by atoms with van der Waals surface area (Å²) in [6, 6.07) is 17.6. The molecule has 7 heterocycles. The number of nitrogens with zero attached hydrogens (tertiary/aromatic N) is 4. The molecule has 0 aromatic carbocycles. The average molecular weight is 760 g/mol. The molecule has 7 nitrogen and oxygen atoms in total. The first kappa shape index (κ1) is 43.4. The van der Waals surface area contributed by atoms with Crippen LogP contribution >= 0.6 is 0 Å². The number of hydrogen-bond acceptors (Lipinski definition) is 7. The molecule has 56 heavy (non-hydrogen) atoms. The quantitative estimate of drug-likeness (QED) is 0.165. The van der Waals surface area contributed by atoms with Gasteiger partial charge in [0.25, 0.3) is 0 Å². The van der Waals surface area contributed by atoms with Gasteiger partial charge < -0.3 is 16.0 Å². The summed E-state index contributed by atoms with van der Waals surface area (Å²) in [7, 11) is 0. The van der Waals surface area contributed by atoms with Gasteiger partial charge in [-0.05, 0) is 98.5 Å². The van der Waals surface area contributed by atoms with Crippen molar-refractivity contribution in [3.05, 3.63) is 111 Å². The molecule has 0 atom stereocenters. The molecule has 0 saturated heterocycles. The van der Waals surface area contributed by atoms with Crippen molar-refractivity contribution in [2.45, 2.75) is 169 Å².